The smallest absolute Gasteiger partial charge is 0.302 e. The Morgan fingerprint density at radius 3 is 2.21 bits per heavy atom. The molecule has 0 radical (unpaired) electrons. The molecule has 8 nitrogen and oxygen atoms in total. The van der Waals surface area contributed by atoms with Crippen LogP contribution in [0.1, 0.15) is 113 Å². The van der Waals surface area contributed by atoms with Gasteiger partial charge in [-0.2, -0.15) is 0 Å². The van der Waals surface area contributed by atoms with Crippen LogP contribution in [0.4, 0.5) is 0 Å². The van der Waals surface area contributed by atoms with Crippen LogP contribution in [0, 0.1) is 46.3 Å². The summed E-state index contributed by atoms with van der Waals surface area (Å²) in [5.41, 5.74) is 1.49. The van der Waals surface area contributed by atoms with Crippen molar-refractivity contribution in [3.63, 3.8) is 0 Å². The largest absolute Gasteiger partial charge is 0.466 e. The summed E-state index contributed by atoms with van der Waals surface area (Å²) in [5, 5.41) is 0. The van der Waals surface area contributed by atoms with Crippen LogP contribution < -0.4 is 0 Å². The predicted molar refractivity (Wildman–Crippen MR) is 161 cm³/mol. The maximum absolute atomic E-state index is 12.4. The number of carbonyl (C=O) groups excluding carboxylic acids is 4. The van der Waals surface area contributed by atoms with Gasteiger partial charge in [-0.1, -0.05) is 39.3 Å². The van der Waals surface area contributed by atoms with Crippen molar-refractivity contribution in [2.45, 2.75) is 131 Å². The summed E-state index contributed by atoms with van der Waals surface area (Å²) >= 11 is 0. The highest BCUT2D eigenvalue weighted by molar-refractivity contribution is 5.67. The fourth-order valence-corrected chi connectivity index (χ4v) is 9.93. The quantitative estimate of drug-likeness (QED) is 0.157. The predicted octanol–water partition coefficient (Wildman–Crippen LogP) is 6.59. The summed E-state index contributed by atoms with van der Waals surface area (Å²) in [6.45, 7) is 15.2. The second-order valence-electron chi connectivity index (χ2n) is 14.7. The van der Waals surface area contributed by atoms with E-state index in [2.05, 4.69) is 26.8 Å². The number of allylic oxidation sites excluding steroid dienone is 1. The average molecular weight is 603 g/mol. The Morgan fingerprint density at radius 1 is 0.884 bits per heavy atom. The molecule has 43 heavy (non-hydrogen) atoms. The third kappa shape index (κ3) is 7.14. The Balaban J connectivity index is 1.58. The summed E-state index contributed by atoms with van der Waals surface area (Å²) in [6.07, 6.45) is 10.0. The zero-order valence-electron chi connectivity index (χ0n) is 27.6. The van der Waals surface area contributed by atoms with Crippen LogP contribution in [0.15, 0.2) is 11.6 Å². The molecular weight excluding hydrogens is 548 g/mol. The molecule has 11 atom stereocenters. The fraction of sp³-hybridized carbons (Fsp3) is 0.829. The van der Waals surface area contributed by atoms with Gasteiger partial charge in [-0.05, 0) is 91.8 Å². The van der Waals surface area contributed by atoms with Crippen molar-refractivity contribution >= 4 is 23.9 Å². The minimum atomic E-state index is -0.319. The van der Waals surface area contributed by atoms with Crippen LogP contribution in [-0.2, 0) is 38.1 Å². The van der Waals surface area contributed by atoms with Crippen LogP contribution in [0.3, 0.4) is 0 Å². The zero-order chi connectivity index (χ0) is 31.7. The van der Waals surface area contributed by atoms with Crippen molar-refractivity contribution in [1.29, 1.82) is 0 Å². The Labute approximate surface area is 258 Å². The minimum absolute atomic E-state index is 0.00910. The maximum atomic E-state index is 12.4. The highest BCUT2D eigenvalue weighted by Crippen LogP contribution is 2.68. The Hall–Kier alpha value is -2.38. The van der Waals surface area contributed by atoms with Gasteiger partial charge in [-0.25, -0.2) is 0 Å². The third-order valence-electron chi connectivity index (χ3n) is 11.8. The Morgan fingerprint density at radius 2 is 1.58 bits per heavy atom. The monoisotopic (exact) mass is 602 g/mol. The van der Waals surface area contributed by atoms with E-state index in [-0.39, 0.29) is 70.8 Å². The van der Waals surface area contributed by atoms with Crippen LogP contribution in [0.25, 0.3) is 0 Å². The normalized spacial score (nSPS) is 36.9. The molecule has 0 aromatic carbocycles. The molecule has 4 aliphatic rings. The topological polar surface area (TPSA) is 105 Å². The molecule has 3 unspecified atom stereocenters. The molecule has 0 bridgehead atoms. The SMILES string of the molecule is CC(=O)OC[C@H](C)CC[C@@H](OC(C)=O)[C@@H](C)[C@H]1[C@@H](OC(C)=O)CC2C3CC=C4C[C@@H](OC(C)=O)CC[C@]4(C)C3CC[C@@]21C. The number of rotatable bonds is 10. The molecule has 0 aromatic rings. The van der Waals surface area contributed by atoms with Gasteiger partial charge < -0.3 is 18.9 Å². The van der Waals surface area contributed by atoms with E-state index in [4.69, 9.17) is 18.9 Å². The lowest BCUT2D eigenvalue weighted by Crippen LogP contribution is -2.52. The molecular formula is C35H54O8. The van der Waals surface area contributed by atoms with Crippen LogP contribution >= 0.6 is 0 Å². The molecule has 0 amide bonds. The summed E-state index contributed by atoms with van der Waals surface area (Å²) in [5.74, 6) is 0.554. The third-order valence-corrected chi connectivity index (χ3v) is 11.8. The van der Waals surface area contributed by atoms with E-state index >= 15 is 0 Å². The van der Waals surface area contributed by atoms with Gasteiger partial charge in [0.2, 0.25) is 0 Å². The van der Waals surface area contributed by atoms with E-state index in [0.29, 0.717) is 30.8 Å². The highest BCUT2D eigenvalue weighted by Gasteiger charge is 2.63. The number of carbonyl (C=O) groups is 4. The lowest BCUT2D eigenvalue weighted by Gasteiger charge is -2.58. The number of hydrogen-bond acceptors (Lipinski definition) is 8. The standard InChI is InChI=1S/C35H54O8/c1-20(19-40-22(3)36)9-12-31(42-24(5)38)21(2)33-32(43-25(6)39)18-30-28-11-10-26-17-27(41-23(4)37)13-15-34(26,7)29(28)14-16-35(30,33)8/h10,20-21,27-33H,9,11-19H2,1-8H3/t20-,21-,27+,28?,29?,30?,31-,32+,33+,34+,35+/m1/s1. The van der Waals surface area contributed by atoms with Gasteiger partial charge in [0, 0.05) is 40.0 Å². The Bertz CT molecular complexity index is 1100. The summed E-state index contributed by atoms with van der Waals surface area (Å²) in [4.78, 5) is 47.6. The summed E-state index contributed by atoms with van der Waals surface area (Å²) < 4.78 is 22.9. The van der Waals surface area contributed by atoms with E-state index in [9.17, 15) is 19.2 Å². The van der Waals surface area contributed by atoms with Gasteiger partial charge in [0.25, 0.3) is 0 Å². The van der Waals surface area contributed by atoms with Crippen LogP contribution in [0.5, 0.6) is 0 Å². The lowest BCUT2D eigenvalue weighted by molar-refractivity contribution is -0.161. The average Bonchev–Trinajstić information content (AvgIpc) is 3.20. The number of fused-ring (bicyclic) bond motifs is 5. The lowest BCUT2D eigenvalue weighted by atomic mass is 9.47. The van der Waals surface area contributed by atoms with E-state index < -0.39 is 0 Å². The van der Waals surface area contributed by atoms with Crippen molar-refractivity contribution in [2.75, 3.05) is 6.61 Å². The van der Waals surface area contributed by atoms with Crippen LogP contribution in [0.2, 0.25) is 0 Å². The van der Waals surface area contributed by atoms with Crippen molar-refractivity contribution in [3.05, 3.63) is 11.6 Å². The van der Waals surface area contributed by atoms with Crippen molar-refractivity contribution < 1.29 is 38.1 Å². The Kier molecular flexibility index (Phi) is 10.4. The van der Waals surface area contributed by atoms with E-state index in [1.807, 2.05) is 6.92 Å². The van der Waals surface area contributed by atoms with Gasteiger partial charge >= 0.3 is 23.9 Å². The van der Waals surface area contributed by atoms with Gasteiger partial charge in [-0.3, -0.25) is 19.2 Å². The molecule has 242 valence electrons. The van der Waals surface area contributed by atoms with Gasteiger partial charge in [0.05, 0.1) is 6.61 Å². The van der Waals surface area contributed by atoms with E-state index in [1.54, 1.807) is 0 Å². The first-order valence-corrected chi connectivity index (χ1v) is 16.5. The van der Waals surface area contributed by atoms with Gasteiger partial charge in [-0.15, -0.1) is 0 Å². The maximum Gasteiger partial charge on any atom is 0.302 e. The number of esters is 4. The van der Waals surface area contributed by atoms with Crippen LogP contribution in [-0.4, -0.2) is 48.8 Å². The van der Waals surface area contributed by atoms with E-state index in [1.165, 1.54) is 33.3 Å². The van der Waals surface area contributed by atoms with Crippen molar-refractivity contribution in [3.8, 4) is 0 Å². The molecule has 3 fully saturated rings. The first-order chi connectivity index (χ1) is 20.2. The molecule has 0 heterocycles. The van der Waals surface area contributed by atoms with Crippen molar-refractivity contribution in [2.24, 2.45) is 46.3 Å². The molecule has 0 N–H and O–H groups in total. The molecule has 3 saturated carbocycles. The highest BCUT2D eigenvalue weighted by atomic mass is 16.6. The summed E-state index contributed by atoms with van der Waals surface area (Å²) in [7, 11) is 0. The van der Waals surface area contributed by atoms with Crippen molar-refractivity contribution in [1.82, 2.24) is 0 Å². The fourth-order valence-electron chi connectivity index (χ4n) is 9.93. The first-order valence-electron chi connectivity index (χ1n) is 16.5. The molecule has 8 heteroatoms. The molecule has 4 rings (SSSR count). The number of ether oxygens (including phenoxy) is 4. The number of hydrogen-bond donors (Lipinski definition) is 0. The van der Waals surface area contributed by atoms with E-state index in [0.717, 1.165) is 51.4 Å². The summed E-state index contributed by atoms with van der Waals surface area (Å²) in [6, 6.07) is 0. The molecule has 0 aliphatic heterocycles. The van der Waals surface area contributed by atoms with Gasteiger partial charge in [0.15, 0.2) is 0 Å². The zero-order valence-corrected chi connectivity index (χ0v) is 27.6. The second-order valence-corrected chi connectivity index (χ2v) is 14.7. The molecule has 4 aliphatic carbocycles. The van der Waals surface area contributed by atoms with Gasteiger partial charge in [0.1, 0.15) is 18.3 Å². The molecule has 0 saturated heterocycles. The molecule has 0 aromatic heterocycles. The second kappa shape index (κ2) is 13.3. The minimum Gasteiger partial charge on any atom is -0.466 e. The molecule has 0 spiro atoms. The first kappa shape index (κ1) is 33.5.